The predicted molar refractivity (Wildman–Crippen MR) is 221 cm³/mol. The Kier molecular flexibility index (Phi) is 10.5. The number of benzene rings is 3. The third-order valence-electron chi connectivity index (χ3n) is 10.4. The minimum absolute atomic E-state index is 0.149. The fourth-order valence-corrected chi connectivity index (χ4v) is 8.74. The van der Waals surface area contributed by atoms with Gasteiger partial charge < -0.3 is 20.4 Å². The van der Waals surface area contributed by atoms with E-state index in [4.69, 9.17) is 21.6 Å². The molecule has 5 N–H and O–H groups in total. The van der Waals surface area contributed by atoms with Crippen molar-refractivity contribution >= 4 is 56.6 Å². The number of H-pyrrole nitrogens is 2. The zero-order valence-electron chi connectivity index (χ0n) is 31.6. The number of aliphatic imine (C=N–C) groups is 1. The molecule has 0 radical (unpaired) electrons. The summed E-state index contributed by atoms with van der Waals surface area (Å²) in [7, 11) is 0. The van der Waals surface area contributed by atoms with Gasteiger partial charge in [-0.25, -0.2) is 9.78 Å². The van der Waals surface area contributed by atoms with Crippen LogP contribution in [-0.2, 0) is 6.42 Å². The second-order valence-corrected chi connectivity index (χ2v) is 15.8. The second-order valence-electron chi connectivity index (χ2n) is 14.2. The Balaban J connectivity index is 0.857. The number of imidazole rings is 2. The molecule has 15 heteroatoms. The van der Waals surface area contributed by atoms with Crippen molar-refractivity contribution < 1.29 is 9.90 Å². The molecule has 288 valence electrons. The van der Waals surface area contributed by atoms with Gasteiger partial charge in [0.25, 0.3) is 5.91 Å². The molecule has 3 aromatic carbocycles. The predicted octanol–water partition coefficient (Wildman–Crippen LogP) is 6.77. The Hall–Kier alpha value is -5.41. The highest BCUT2D eigenvalue weighted by Crippen LogP contribution is 2.40. The Morgan fingerprint density at radius 2 is 1.75 bits per heavy atom. The number of halogens is 1. The van der Waals surface area contributed by atoms with Gasteiger partial charge >= 0.3 is 5.69 Å². The van der Waals surface area contributed by atoms with E-state index in [1.807, 2.05) is 74.5 Å². The normalized spacial score (nSPS) is 14.5. The van der Waals surface area contributed by atoms with Gasteiger partial charge in [-0.2, -0.15) is 0 Å². The van der Waals surface area contributed by atoms with Crippen LogP contribution in [0.2, 0.25) is 5.02 Å². The van der Waals surface area contributed by atoms with Crippen molar-refractivity contribution in [2.75, 3.05) is 13.1 Å². The maximum Gasteiger partial charge on any atom is 0.323 e. The molecule has 13 nitrogen and oxygen atoms in total. The largest absolute Gasteiger partial charge is 0.379 e. The molecule has 7 aromatic rings. The standard InChI is InChI=1S/C41H43ClN10O3S/c1-5-34-45-31-19-26(11-16-33(31)52(34)28-14-15-29-30(20-28)48-41(55)47-29)39(54)44-18-8-6-7-17-43-35(53)21-32-38-50-49-24(4)51(38)40-36(22(2)23(3)56-40)37(46-32)25-9-12-27(42)13-10-25/h9-16,19-20,32,35,43,53H,5-8,17-18,21H2,1-4H3,(H,44,54)(H2,47,48,55)/t32-,35?/m0/s1. The van der Waals surface area contributed by atoms with Crippen LogP contribution in [0.5, 0.6) is 0 Å². The lowest BCUT2D eigenvalue weighted by molar-refractivity contribution is 0.0953. The van der Waals surface area contributed by atoms with Crippen molar-refractivity contribution in [3.05, 3.63) is 121 Å². The Labute approximate surface area is 331 Å². The van der Waals surface area contributed by atoms with Crippen LogP contribution in [0.25, 0.3) is 32.8 Å². The monoisotopic (exact) mass is 790 g/mol. The summed E-state index contributed by atoms with van der Waals surface area (Å²) in [5.74, 6) is 2.19. The minimum atomic E-state index is -0.813. The molecule has 0 aliphatic carbocycles. The highest BCUT2D eigenvalue weighted by Gasteiger charge is 2.32. The molecule has 4 aromatic heterocycles. The average Bonchev–Trinajstić information content (AvgIpc) is 3.92. The third kappa shape index (κ3) is 7.20. The van der Waals surface area contributed by atoms with Crippen LogP contribution >= 0.6 is 22.9 Å². The molecule has 0 spiro atoms. The Morgan fingerprint density at radius 3 is 2.55 bits per heavy atom. The van der Waals surface area contributed by atoms with Gasteiger partial charge in [-0.3, -0.25) is 24.2 Å². The van der Waals surface area contributed by atoms with E-state index in [9.17, 15) is 14.7 Å². The number of aliphatic hydroxyl groups excluding tert-OH is 1. The van der Waals surface area contributed by atoms with E-state index in [2.05, 4.69) is 53.8 Å². The number of carbonyl (C=O) groups excluding carboxylic acids is 1. The Bertz CT molecular complexity index is 2670. The number of unbranched alkanes of at least 4 members (excludes halogenated alkanes) is 2. The first-order valence-electron chi connectivity index (χ1n) is 18.9. The van der Waals surface area contributed by atoms with E-state index in [1.54, 1.807) is 11.3 Å². The number of fused-ring (bicyclic) bond motifs is 5. The highest BCUT2D eigenvalue weighted by molar-refractivity contribution is 7.15. The van der Waals surface area contributed by atoms with Crippen LogP contribution in [-0.4, -0.2) is 70.3 Å². The lowest BCUT2D eigenvalue weighted by Crippen LogP contribution is -2.31. The van der Waals surface area contributed by atoms with Crippen LogP contribution in [0.1, 0.15) is 88.0 Å². The molecule has 0 bridgehead atoms. The fraction of sp³-hybridized carbons (Fsp3) is 0.317. The van der Waals surface area contributed by atoms with E-state index in [0.29, 0.717) is 42.3 Å². The first kappa shape index (κ1) is 37.5. The van der Waals surface area contributed by atoms with Crippen LogP contribution in [0.15, 0.2) is 70.5 Å². The van der Waals surface area contributed by atoms with E-state index in [-0.39, 0.29) is 11.6 Å². The lowest BCUT2D eigenvalue weighted by atomic mass is 9.99. The number of hydrogen-bond acceptors (Lipinski definition) is 9. The smallest absolute Gasteiger partial charge is 0.323 e. The summed E-state index contributed by atoms with van der Waals surface area (Å²) in [6, 6.07) is 18.6. The zero-order valence-corrected chi connectivity index (χ0v) is 33.2. The summed E-state index contributed by atoms with van der Waals surface area (Å²) in [4.78, 5) is 41.8. The van der Waals surface area contributed by atoms with Crippen LogP contribution < -0.4 is 16.3 Å². The molecule has 0 saturated carbocycles. The van der Waals surface area contributed by atoms with Gasteiger partial charge in [-0.15, -0.1) is 21.5 Å². The first-order valence-corrected chi connectivity index (χ1v) is 20.1. The molecule has 5 heterocycles. The molecule has 1 unspecified atom stereocenters. The number of nitrogens with zero attached hydrogens (tertiary/aromatic N) is 6. The van der Waals surface area contributed by atoms with Crippen LogP contribution in [0, 0.1) is 20.8 Å². The molecular formula is C41H43ClN10O3S. The van der Waals surface area contributed by atoms with Crippen LogP contribution in [0.3, 0.4) is 0 Å². The maximum absolute atomic E-state index is 13.1. The maximum atomic E-state index is 13.1. The number of amides is 1. The third-order valence-corrected chi connectivity index (χ3v) is 11.8. The quantitative estimate of drug-likeness (QED) is 0.0634. The number of hydrogen-bond donors (Lipinski definition) is 5. The van der Waals surface area contributed by atoms with E-state index < -0.39 is 12.3 Å². The highest BCUT2D eigenvalue weighted by atomic mass is 35.5. The number of thiophene rings is 1. The van der Waals surface area contributed by atoms with E-state index in [1.165, 1.54) is 4.88 Å². The van der Waals surface area contributed by atoms with Gasteiger partial charge in [0.15, 0.2) is 5.82 Å². The van der Waals surface area contributed by atoms with Gasteiger partial charge in [0.05, 0.1) is 27.8 Å². The van der Waals surface area contributed by atoms with Gasteiger partial charge in [-0.1, -0.05) is 37.1 Å². The number of nitrogens with one attached hydrogen (secondary N) is 4. The summed E-state index contributed by atoms with van der Waals surface area (Å²) in [5.41, 5.74) is 8.29. The van der Waals surface area contributed by atoms with E-state index >= 15 is 0 Å². The van der Waals surface area contributed by atoms with Crippen molar-refractivity contribution in [2.45, 2.75) is 72.1 Å². The number of aromatic nitrogens is 7. The van der Waals surface area contributed by atoms with Gasteiger partial charge in [0, 0.05) is 51.7 Å². The van der Waals surface area contributed by atoms with Crippen LogP contribution in [0.4, 0.5) is 0 Å². The lowest BCUT2D eigenvalue weighted by Gasteiger charge is -2.18. The van der Waals surface area contributed by atoms with Gasteiger partial charge in [-0.05, 0) is 94.3 Å². The molecule has 2 atom stereocenters. The number of aryl methyl sites for hydroxylation is 3. The molecule has 1 aliphatic heterocycles. The molecule has 1 aliphatic rings. The molecule has 0 saturated heterocycles. The summed E-state index contributed by atoms with van der Waals surface area (Å²) >= 11 is 7.94. The number of aromatic amines is 2. The molecule has 1 amide bonds. The minimum Gasteiger partial charge on any atom is -0.379 e. The first-order chi connectivity index (χ1) is 27.1. The Morgan fingerprint density at radius 1 is 0.964 bits per heavy atom. The summed E-state index contributed by atoms with van der Waals surface area (Å²) in [6.45, 7) is 9.36. The zero-order chi connectivity index (χ0) is 39.1. The summed E-state index contributed by atoms with van der Waals surface area (Å²) < 4.78 is 4.14. The number of aliphatic hydroxyl groups is 1. The fourth-order valence-electron chi connectivity index (χ4n) is 7.40. The van der Waals surface area contributed by atoms with Gasteiger partial charge in [0.1, 0.15) is 28.9 Å². The molecule has 56 heavy (non-hydrogen) atoms. The van der Waals surface area contributed by atoms with Crippen molar-refractivity contribution in [1.29, 1.82) is 0 Å². The number of carbonyl (C=O) groups is 1. The van der Waals surface area contributed by atoms with E-state index in [0.717, 1.165) is 86.1 Å². The number of rotatable bonds is 13. The molecule has 8 rings (SSSR count). The van der Waals surface area contributed by atoms with Gasteiger partial charge in [0.2, 0.25) is 0 Å². The average molecular weight is 791 g/mol. The second kappa shape index (κ2) is 15.6. The molecular weight excluding hydrogens is 748 g/mol. The topological polar surface area (TPSA) is 171 Å². The molecule has 0 fully saturated rings. The SMILES string of the molecule is CCc1nc2cc(C(=O)NCCCCCNC(O)C[C@@H]3N=C(c4ccc(Cl)cc4)c4c(sc(C)c4C)-n4c(C)nnc43)ccc2n1-c1ccc2[nH]c(=O)[nH]c2c1. The van der Waals surface area contributed by atoms with Crippen molar-refractivity contribution in [2.24, 2.45) is 4.99 Å². The summed E-state index contributed by atoms with van der Waals surface area (Å²) in [6.07, 6.45) is 2.70. The van der Waals surface area contributed by atoms with Crippen molar-refractivity contribution in [3.8, 4) is 10.7 Å². The summed E-state index contributed by atoms with van der Waals surface area (Å²) in [5, 5.41) is 28.1. The van der Waals surface area contributed by atoms with Crippen molar-refractivity contribution in [1.82, 2.24) is 44.9 Å². The van der Waals surface area contributed by atoms with Crippen molar-refractivity contribution in [3.63, 3.8) is 0 Å².